The van der Waals surface area contributed by atoms with E-state index in [1.54, 1.807) is 31.2 Å². The van der Waals surface area contributed by atoms with Crippen molar-refractivity contribution in [3.05, 3.63) is 65.5 Å². The van der Waals surface area contributed by atoms with E-state index in [2.05, 4.69) is 10.6 Å². The Morgan fingerprint density at radius 1 is 1.11 bits per heavy atom. The molecular formula is C21H25FN2O3. The Balaban J connectivity index is 1.62. The molecule has 2 aromatic carbocycles. The van der Waals surface area contributed by atoms with Gasteiger partial charge in [0.1, 0.15) is 17.6 Å². The van der Waals surface area contributed by atoms with E-state index >= 15 is 0 Å². The van der Waals surface area contributed by atoms with Crippen molar-refractivity contribution in [1.82, 2.24) is 10.6 Å². The topological polar surface area (TPSA) is 67.4 Å². The molecule has 2 amide bonds. The maximum Gasteiger partial charge on any atom is 0.251 e. The van der Waals surface area contributed by atoms with Crippen LogP contribution in [-0.2, 0) is 4.79 Å². The van der Waals surface area contributed by atoms with Gasteiger partial charge in [0, 0.05) is 12.1 Å². The van der Waals surface area contributed by atoms with Gasteiger partial charge in [-0.05, 0) is 63.1 Å². The summed E-state index contributed by atoms with van der Waals surface area (Å²) < 4.78 is 18.3. The van der Waals surface area contributed by atoms with Crippen LogP contribution >= 0.6 is 0 Å². The van der Waals surface area contributed by atoms with E-state index in [1.165, 1.54) is 12.1 Å². The van der Waals surface area contributed by atoms with E-state index in [9.17, 15) is 14.0 Å². The zero-order chi connectivity index (χ0) is 19.6. The molecule has 0 heterocycles. The van der Waals surface area contributed by atoms with Crippen molar-refractivity contribution in [2.24, 2.45) is 0 Å². The Morgan fingerprint density at radius 2 is 1.85 bits per heavy atom. The van der Waals surface area contributed by atoms with Gasteiger partial charge >= 0.3 is 0 Å². The fourth-order valence-corrected chi connectivity index (χ4v) is 2.44. The molecule has 0 aliphatic rings. The third kappa shape index (κ3) is 7.09. The first-order chi connectivity index (χ1) is 13.0. The number of benzene rings is 2. The van der Waals surface area contributed by atoms with Crippen molar-refractivity contribution in [3.8, 4) is 5.75 Å². The molecule has 0 bridgehead atoms. The average Bonchev–Trinajstić information content (AvgIpc) is 2.65. The van der Waals surface area contributed by atoms with E-state index in [4.69, 9.17) is 4.74 Å². The van der Waals surface area contributed by atoms with E-state index in [1.807, 2.05) is 19.1 Å². The van der Waals surface area contributed by atoms with Crippen LogP contribution in [0.3, 0.4) is 0 Å². The number of hydrogen-bond acceptors (Lipinski definition) is 3. The minimum atomic E-state index is -0.617. The predicted octanol–water partition coefficient (Wildman–Crippen LogP) is 3.23. The Morgan fingerprint density at radius 3 is 2.56 bits per heavy atom. The van der Waals surface area contributed by atoms with Gasteiger partial charge in [-0.3, -0.25) is 9.59 Å². The Kier molecular flexibility index (Phi) is 7.79. The SMILES string of the molecule is Cc1cccc(C(=O)NC(C)C(=O)NCCCCOc2ccc(F)cc2)c1. The van der Waals surface area contributed by atoms with Gasteiger partial charge in [-0.15, -0.1) is 0 Å². The fourth-order valence-electron chi connectivity index (χ4n) is 2.44. The van der Waals surface area contributed by atoms with Crippen LogP contribution in [0.15, 0.2) is 48.5 Å². The van der Waals surface area contributed by atoms with E-state index in [0.717, 1.165) is 18.4 Å². The molecule has 2 N–H and O–H groups in total. The van der Waals surface area contributed by atoms with Gasteiger partial charge in [-0.25, -0.2) is 4.39 Å². The van der Waals surface area contributed by atoms with Gasteiger partial charge in [0.2, 0.25) is 5.91 Å². The Hall–Kier alpha value is -2.89. The molecule has 144 valence electrons. The monoisotopic (exact) mass is 372 g/mol. The first-order valence-corrected chi connectivity index (χ1v) is 8.99. The Bertz CT molecular complexity index is 762. The van der Waals surface area contributed by atoms with Crippen molar-refractivity contribution in [2.45, 2.75) is 32.7 Å². The molecule has 0 aliphatic heterocycles. The molecule has 2 aromatic rings. The second-order valence-electron chi connectivity index (χ2n) is 6.37. The zero-order valence-corrected chi connectivity index (χ0v) is 15.6. The smallest absolute Gasteiger partial charge is 0.251 e. The summed E-state index contributed by atoms with van der Waals surface area (Å²) >= 11 is 0. The fraction of sp³-hybridized carbons (Fsp3) is 0.333. The van der Waals surface area contributed by atoms with Gasteiger partial charge in [-0.1, -0.05) is 17.7 Å². The number of nitrogens with one attached hydrogen (secondary N) is 2. The van der Waals surface area contributed by atoms with E-state index in [0.29, 0.717) is 24.5 Å². The lowest BCUT2D eigenvalue weighted by Gasteiger charge is -2.14. The molecule has 6 heteroatoms. The van der Waals surface area contributed by atoms with Crippen LogP contribution in [0, 0.1) is 12.7 Å². The van der Waals surface area contributed by atoms with E-state index < -0.39 is 6.04 Å². The van der Waals surface area contributed by atoms with Crippen LogP contribution in [0.1, 0.15) is 35.7 Å². The average molecular weight is 372 g/mol. The molecule has 5 nitrogen and oxygen atoms in total. The summed E-state index contributed by atoms with van der Waals surface area (Å²) in [5.41, 5.74) is 1.52. The van der Waals surface area contributed by atoms with Gasteiger partial charge in [0.25, 0.3) is 5.91 Å². The van der Waals surface area contributed by atoms with Crippen molar-refractivity contribution < 1.29 is 18.7 Å². The van der Waals surface area contributed by atoms with Crippen LogP contribution in [0.4, 0.5) is 4.39 Å². The number of carbonyl (C=O) groups excluding carboxylic acids is 2. The minimum Gasteiger partial charge on any atom is -0.494 e. The number of halogens is 1. The second-order valence-corrected chi connectivity index (χ2v) is 6.37. The van der Waals surface area contributed by atoms with Crippen LogP contribution in [0.2, 0.25) is 0 Å². The first-order valence-electron chi connectivity index (χ1n) is 8.99. The van der Waals surface area contributed by atoms with E-state index in [-0.39, 0.29) is 17.6 Å². The number of amides is 2. The first kappa shape index (κ1) is 20.4. The van der Waals surface area contributed by atoms with Gasteiger partial charge < -0.3 is 15.4 Å². The van der Waals surface area contributed by atoms with Crippen molar-refractivity contribution in [1.29, 1.82) is 0 Å². The lowest BCUT2D eigenvalue weighted by molar-refractivity contribution is -0.122. The largest absolute Gasteiger partial charge is 0.494 e. The standard InChI is InChI=1S/C21H25FN2O3/c1-15-6-5-7-17(14-15)21(26)24-16(2)20(25)23-12-3-4-13-27-19-10-8-18(22)9-11-19/h5-11,14,16H,3-4,12-13H2,1-2H3,(H,23,25)(H,24,26). The van der Waals surface area contributed by atoms with Crippen LogP contribution in [-0.4, -0.2) is 31.0 Å². The Labute approximate surface area is 158 Å². The highest BCUT2D eigenvalue weighted by molar-refractivity contribution is 5.97. The highest BCUT2D eigenvalue weighted by Crippen LogP contribution is 2.11. The molecule has 0 radical (unpaired) electrons. The zero-order valence-electron chi connectivity index (χ0n) is 15.6. The van der Waals surface area contributed by atoms with Crippen molar-refractivity contribution >= 4 is 11.8 Å². The second kappa shape index (κ2) is 10.3. The molecule has 1 unspecified atom stereocenters. The number of carbonyl (C=O) groups is 2. The highest BCUT2D eigenvalue weighted by Gasteiger charge is 2.16. The van der Waals surface area contributed by atoms with Crippen molar-refractivity contribution in [2.75, 3.05) is 13.2 Å². The summed E-state index contributed by atoms with van der Waals surface area (Å²) in [5.74, 6) is -0.175. The number of rotatable bonds is 9. The summed E-state index contributed by atoms with van der Waals surface area (Å²) in [6.07, 6.45) is 1.49. The van der Waals surface area contributed by atoms with Gasteiger partial charge in [0.05, 0.1) is 6.61 Å². The summed E-state index contributed by atoms with van der Waals surface area (Å²) in [4.78, 5) is 24.2. The molecule has 0 fully saturated rings. The third-order valence-electron chi connectivity index (χ3n) is 3.97. The minimum absolute atomic E-state index is 0.226. The van der Waals surface area contributed by atoms with Crippen LogP contribution in [0.25, 0.3) is 0 Å². The molecule has 1 atom stereocenters. The van der Waals surface area contributed by atoms with Gasteiger partial charge in [-0.2, -0.15) is 0 Å². The summed E-state index contributed by atoms with van der Waals surface area (Å²) in [6.45, 7) is 4.55. The van der Waals surface area contributed by atoms with Crippen molar-refractivity contribution in [3.63, 3.8) is 0 Å². The molecule has 0 saturated heterocycles. The predicted molar refractivity (Wildman–Crippen MR) is 102 cm³/mol. The lowest BCUT2D eigenvalue weighted by Crippen LogP contribution is -2.45. The number of aryl methyl sites for hydroxylation is 1. The quantitative estimate of drug-likeness (QED) is 0.664. The lowest BCUT2D eigenvalue weighted by atomic mass is 10.1. The number of unbranched alkanes of at least 4 members (excludes halogenated alkanes) is 1. The molecule has 27 heavy (non-hydrogen) atoms. The van der Waals surface area contributed by atoms with Crippen LogP contribution in [0.5, 0.6) is 5.75 Å². The number of hydrogen-bond donors (Lipinski definition) is 2. The maximum absolute atomic E-state index is 12.8. The summed E-state index contributed by atoms with van der Waals surface area (Å²) in [5, 5.41) is 5.49. The van der Waals surface area contributed by atoms with Gasteiger partial charge in [0.15, 0.2) is 0 Å². The molecule has 0 saturated carbocycles. The highest BCUT2D eigenvalue weighted by atomic mass is 19.1. The van der Waals surface area contributed by atoms with Crippen LogP contribution < -0.4 is 15.4 Å². The summed E-state index contributed by atoms with van der Waals surface area (Å²) in [6, 6.07) is 12.5. The molecule has 2 rings (SSSR count). The third-order valence-corrected chi connectivity index (χ3v) is 3.97. The number of ether oxygens (including phenoxy) is 1. The maximum atomic E-state index is 12.8. The molecule has 0 aliphatic carbocycles. The normalized spacial score (nSPS) is 11.5. The molecule has 0 spiro atoms. The summed E-state index contributed by atoms with van der Waals surface area (Å²) in [7, 11) is 0. The molecular weight excluding hydrogens is 347 g/mol. The molecule has 0 aromatic heterocycles.